The molecule has 7 rings (SSSR count). The zero-order chi connectivity index (χ0) is 22.1. The second kappa shape index (κ2) is 6.59. The number of para-hydroxylation sites is 4. The smallest absolute Gasteiger partial charge is 0.299 e. The molecule has 0 amide bonds. The number of rotatable bonds is 2. The fourth-order valence-corrected chi connectivity index (χ4v) is 5.01. The summed E-state index contributed by atoms with van der Waals surface area (Å²) < 4.78 is 14.4. The molecule has 0 aliphatic rings. The van der Waals surface area contributed by atoms with Crippen LogP contribution in [0.2, 0.25) is 0 Å². The Hall–Kier alpha value is -4.31. The van der Waals surface area contributed by atoms with E-state index in [4.69, 9.17) is 13.8 Å². The number of fused-ring (bicyclic) bond motifs is 6. The molecule has 0 bridgehead atoms. The Balaban J connectivity index is 1.52. The summed E-state index contributed by atoms with van der Waals surface area (Å²) in [7, 11) is 0. The van der Waals surface area contributed by atoms with Gasteiger partial charge >= 0.3 is 0 Å². The maximum Gasteiger partial charge on any atom is 0.299 e. The summed E-state index contributed by atoms with van der Waals surface area (Å²) in [6, 6.07) is 29.0. The third-order valence-electron chi connectivity index (χ3n) is 6.50. The molecule has 4 aromatic carbocycles. The van der Waals surface area contributed by atoms with Gasteiger partial charge in [0.2, 0.25) is 0 Å². The first-order chi connectivity index (χ1) is 16.2. The van der Waals surface area contributed by atoms with E-state index in [0.29, 0.717) is 5.78 Å². The van der Waals surface area contributed by atoms with Gasteiger partial charge in [-0.2, -0.15) is 0 Å². The first kappa shape index (κ1) is 18.3. The topological polar surface area (TPSA) is 44.1 Å². The lowest BCUT2D eigenvalue weighted by Gasteiger charge is -2.15. The van der Waals surface area contributed by atoms with Gasteiger partial charge in [-0.15, -0.1) is 0 Å². The Kier molecular flexibility index (Phi) is 3.65. The monoisotopic (exact) mass is 428 g/mol. The van der Waals surface area contributed by atoms with Crippen LogP contribution in [-0.2, 0) is 0 Å². The number of aryl methyl sites for hydroxylation is 2. The molecule has 0 atom stereocenters. The van der Waals surface area contributed by atoms with Gasteiger partial charge in [0.25, 0.3) is 5.78 Å². The third-order valence-corrected chi connectivity index (χ3v) is 6.50. The average Bonchev–Trinajstić information content (AvgIpc) is 3.48. The quantitative estimate of drug-likeness (QED) is 0.281. The van der Waals surface area contributed by atoms with E-state index in [1.54, 1.807) is 0 Å². The Morgan fingerprint density at radius 1 is 0.697 bits per heavy atom. The normalized spacial score (nSPS) is 11.9. The van der Waals surface area contributed by atoms with Crippen LogP contribution >= 0.6 is 0 Å². The van der Waals surface area contributed by atoms with Crippen molar-refractivity contribution in [2.75, 3.05) is 0 Å². The molecule has 0 spiro atoms. The minimum atomic E-state index is 0.562. The molecular weight excluding hydrogens is 408 g/mol. The van der Waals surface area contributed by atoms with Gasteiger partial charge in [-0.1, -0.05) is 54.6 Å². The molecule has 0 saturated carbocycles. The number of hydrogen-bond acceptors (Lipinski definition) is 3. The van der Waals surface area contributed by atoms with Crippen LogP contribution in [0.5, 0.6) is 0 Å². The van der Waals surface area contributed by atoms with Gasteiger partial charge in [-0.05, 0) is 55.3 Å². The summed E-state index contributed by atoms with van der Waals surface area (Å²) in [6.07, 6.45) is 0. The first-order valence-corrected chi connectivity index (χ1v) is 11.1. The first-order valence-electron chi connectivity index (χ1n) is 11.1. The molecule has 33 heavy (non-hydrogen) atoms. The number of furan rings is 2. The summed E-state index contributed by atoms with van der Waals surface area (Å²) in [5.41, 5.74) is 8.28. The van der Waals surface area contributed by atoms with Crippen molar-refractivity contribution >= 4 is 44.1 Å². The van der Waals surface area contributed by atoms with E-state index in [-0.39, 0.29) is 0 Å². The molecule has 7 aromatic rings. The van der Waals surface area contributed by atoms with Crippen molar-refractivity contribution in [1.29, 1.82) is 0 Å². The van der Waals surface area contributed by atoms with Crippen molar-refractivity contribution in [3.05, 3.63) is 96.1 Å². The van der Waals surface area contributed by atoms with Crippen LogP contribution in [0, 0.1) is 13.8 Å². The molecule has 158 valence electrons. The van der Waals surface area contributed by atoms with Crippen molar-refractivity contribution in [2.24, 2.45) is 0 Å². The summed E-state index contributed by atoms with van der Waals surface area (Å²) in [5.74, 6) is 1.46. The largest absolute Gasteiger partial charge is 0.425 e. The van der Waals surface area contributed by atoms with Crippen molar-refractivity contribution < 1.29 is 8.83 Å². The third kappa shape index (κ3) is 2.55. The van der Waals surface area contributed by atoms with Gasteiger partial charge in [0.05, 0.1) is 22.1 Å². The van der Waals surface area contributed by atoms with Gasteiger partial charge in [0.15, 0.2) is 0 Å². The minimum Gasteiger partial charge on any atom is -0.425 e. The van der Waals surface area contributed by atoms with Crippen LogP contribution in [-0.4, -0.2) is 9.55 Å². The second-order valence-corrected chi connectivity index (χ2v) is 8.57. The lowest BCUT2D eigenvalue weighted by atomic mass is 10.1. The predicted octanol–water partition coefficient (Wildman–Crippen LogP) is 7.95. The Labute approximate surface area is 189 Å². The number of benzene rings is 4. The summed E-state index contributed by atoms with van der Waals surface area (Å²) in [6.45, 7) is 4.30. The van der Waals surface area contributed by atoms with E-state index < -0.39 is 0 Å². The molecule has 4 heteroatoms. The van der Waals surface area contributed by atoms with Gasteiger partial charge in [0.1, 0.15) is 17.0 Å². The van der Waals surface area contributed by atoms with Crippen LogP contribution in [0.3, 0.4) is 0 Å². The van der Waals surface area contributed by atoms with Crippen molar-refractivity contribution in [3.8, 4) is 17.1 Å². The maximum atomic E-state index is 6.16. The highest BCUT2D eigenvalue weighted by Gasteiger charge is 2.20. The highest BCUT2D eigenvalue weighted by atomic mass is 16.5. The fourth-order valence-electron chi connectivity index (χ4n) is 5.01. The van der Waals surface area contributed by atoms with Crippen LogP contribution in [0.4, 0.5) is 0 Å². The Bertz CT molecular complexity index is 1830. The number of nitrogens with zero attached hydrogens (tertiary/aromatic N) is 2. The van der Waals surface area contributed by atoms with Gasteiger partial charge in [-0.25, -0.2) is 4.98 Å². The standard InChI is InChI=1S/C29H20N2O2/c1-17-8-7-9-18(2)27(17)31-23-12-5-4-11-22(23)30-28(31)19-14-15-21-25(16-19)33-29-26(21)20-10-3-6-13-24(20)32-29/h3-16H,1-2H3. The van der Waals surface area contributed by atoms with Gasteiger partial charge < -0.3 is 8.83 Å². The molecular formula is C29H20N2O2. The van der Waals surface area contributed by atoms with Gasteiger partial charge in [-0.3, -0.25) is 4.57 Å². The summed E-state index contributed by atoms with van der Waals surface area (Å²) >= 11 is 0. The zero-order valence-corrected chi connectivity index (χ0v) is 18.3. The molecule has 0 fully saturated rings. The molecule has 0 aliphatic carbocycles. The van der Waals surface area contributed by atoms with Crippen LogP contribution in [0.25, 0.3) is 61.2 Å². The second-order valence-electron chi connectivity index (χ2n) is 8.57. The molecule has 0 aliphatic heterocycles. The molecule has 3 heterocycles. The fraction of sp³-hybridized carbons (Fsp3) is 0.0690. The van der Waals surface area contributed by atoms with Crippen LogP contribution in [0.15, 0.2) is 93.8 Å². The molecule has 0 unspecified atom stereocenters. The van der Waals surface area contributed by atoms with Crippen LogP contribution in [0.1, 0.15) is 11.1 Å². The average molecular weight is 428 g/mol. The van der Waals surface area contributed by atoms with E-state index >= 15 is 0 Å². The predicted molar refractivity (Wildman–Crippen MR) is 133 cm³/mol. The lowest BCUT2D eigenvalue weighted by molar-refractivity contribution is 0.524. The SMILES string of the molecule is Cc1cccc(C)c1-n1c(-c2ccc3c(c2)oc2oc4ccccc4c23)nc2ccccc21. The number of hydrogen-bond donors (Lipinski definition) is 0. The zero-order valence-electron chi connectivity index (χ0n) is 18.3. The van der Waals surface area contributed by atoms with Gasteiger partial charge in [0, 0.05) is 16.3 Å². The molecule has 0 radical (unpaired) electrons. The summed E-state index contributed by atoms with van der Waals surface area (Å²) in [4.78, 5) is 5.04. The number of aromatic nitrogens is 2. The molecule has 0 N–H and O–H groups in total. The Morgan fingerprint density at radius 3 is 2.30 bits per heavy atom. The molecule has 3 aromatic heterocycles. The Morgan fingerprint density at radius 2 is 1.42 bits per heavy atom. The molecule has 0 saturated heterocycles. The number of imidazole rings is 1. The highest BCUT2D eigenvalue weighted by Crippen LogP contribution is 2.39. The lowest BCUT2D eigenvalue weighted by Crippen LogP contribution is -2.02. The van der Waals surface area contributed by atoms with E-state index in [0.717, 1.165) is 49.7 Å². The van der Waals surface area contributed by atoms with E-state index in [2.05, 4.69) is 79.1 Å². The van der Waals surface area contributed by atoms with Crippen molar-refractivity contribution in [1.82, 2.24) is 9.55 Å². The minimum absolute atomic E-state index is 0.562. The highest BCUT2D eigenvalue weighted by molar-refractivity contribution is 6.17. The van der Waals surface area contributed by atoms with E-state index in [9.17, 15) is 0 Å². The van der Waals surface area contributed by atoms with Crippen LogP contribution < -0.4 is 0 Å². The van der Waals surface area contributed by atoms with Crippen molar-refractivity contribution in [2.45, 2.75) is 13.8 Å². The maximum absolute atomic E-state index is 6.16. The van der Waals surface area contributed by atoms with E-state index in [1.165, 1.54) is 16.8 Å². The van der Waals surface area contributed by atoms with E-state index in [1.807, 2.05) is 24.3 Å². The van der Waals surface area contributed by atoms with Crippen molar-refractivity contribution in [3.63, 3.8) is 0 Å². The molecule has 4 nitrogen and oxygen atoms in total. The summed E-state index contributed by atoms with van der Waals surface area (Å²) in [5, 5.41) is 3.14.